The summed E-state index contributed by atoms with van der Waals surface area (Å²) in [6.07, 6.45) is 1.81. The number of benzene rings is 1. The van der Waals surface area contributed by atoms with Crippen molar-refractivity contribution >= 4 is 11.8 Å². The number of carbonyl (C=O) groups excluding carboxylic acids is 1. The molecule has 3 nitrogen and oxygen atoms in total. The third kappa shape index (κ3) is 2.54. The standard InChI is InChI=1S/C14H16O3/c1-9-3-2-4-10(7-9)13(15)11-5-6-12(8-11)14(16)17/h2-4,7,11-12H,5-6,8H2,1H3,(H,16,17). The van der Waals surface area contributed by atoms with Gasteiger partial charge >= 0.3 is 5.97 Å². The molecule has 0 amide bonds. The lowest BCUT2D eigenvalue weighted by atomic mass is 9.94. The molecule has 1 fully saturated rings. The van der Waals surface area contributed by atoms with Gasteiger partial charge in [-0.1, -0.05) is 23.8 Å². The summed E-state index contributed by atoms with van der Waals surface area (Å²) in [7, 11) is 0. The molecule has 2 rings (SSSR count). The van der Waals surface area contributed by atoms with Crippen LogP contribution in [0.2, 0.25) is 0 Å². The van der Waals surface area contributed by atoms with Crippen molar-refractivity contribution in [3.63, 3.8) is 0 Å². The van der Waals surface area contributed by atoms with Crippen LogP contribution in [0.5, 0.6) is 0 Å². The Morgan fingerprint density at radius 2 is 1.94 bits per heavy atom. The zero-order valence-corrected chi connectivity index (χ0v) is 9.85. The van der Waals surface area contributed by atoms with Gasteiger partial charge in [0.05, 0.1) is 5.92 Å². The third-order valence-electron chi connectivity index (χ3n) is 3.46. The first-order valence-corrected chi connectivity index (χ1v) is 5.91. The summed E-state index contributed by atoms with van der Waals surface area (Å²) in [5, 5.41) is 8.92. The smallest absolute Gasteiger partial charge is 0.306 e. The SMILES string of the molecule is Cc1cccc(C(=O)C2CCC(C(=O)O)C2)c1. The minimum Gasteiger partial charge on any atom is -0.481 e. The Labute approximate surface area is 100 Å². The van der Waals surface area contributed by atoms with Crippen molar-refractivity contribution in [2.45, 2.75) is 26.2 Å². The van der Waals surface area contributed by atoms with Crippen molar-refractivity contribution in [1.29, 1.82) is 0 Å². The highest BCUT2D eigenvalue weighted by atomic mass is 16.4. The van der Waals surface area contributed by atoms with E-state index in [1.807, 2.05) is 31.2 Å². The zero-order chi connectivity index (χ0) is 12.4. The molecule has 17 heavy (non-hydrogen) atoms. The van der Waals surface area contributed by atoms with E-state index in [0.29, 0.717) is 24.8 Å². The Morgan fingerprint density at radius 3 is 2.53 bits per heavy atom. The van der Waals surface area contributed by atoms with Gasteiger partial charge in [0.25, 0.3) is 0 Å². The second-order valence-corrected chi connectivity index (χ2v) is 4.78. The van der Waals surface area contributed by atoms with Crippen molar-refractivity contribution in [2.75, 3.05) is 0 Å². The van der Waals surface area contributed by atoms with E-state index in [2.05, 4.69) is 0 Å². The first-order valence-electron chi connectivity index (χ1n) is 5.91. The highest BCUT2D eigenvalue weighted by Gasteiger charge is 2.34. The molecule has 3 heteroatoms. The first kappa shape index (κ1) is 11.8. The van der Waals surface area contributed by atoms with Gasteiger partial charge in [0.2, 0.25) is 0 Å². The predicted octanol–water partition coefficient (Wildman–Crippen LogP) is 2.68. The Kier molecular flexibility index (Phi) is 3.27. The fourth-order valence-corrected chi connectivity index (χ4v) is 2.48. The number of hydrogen-bond acceptors (Lipinski definition) is 2. The molecule has 2 atom stereocenters. The maximum atomic E-state index is 12.2. The Balaban J connectivity index is 2.09. The molecule has 1 aromatic carbocycles. The van der Waals surface area contributed by atoms with Crippen molar-refractivity contribution in [3.05, 3.63) is 35.4 Å². The summed E-state index contributed by atoms with van der Waals surface area (Å²) in [5.41, 5.74) is 1.77. The fourth-order valence-electron chi connectivity index (χ4n) is 2.48. The molecule has 0 radical (unpaired) electrons. The molecule has 0 aliphatic heterocycles. The lowest BCUT2D eigenvalue weighted by Crippen LogP contribution is -2.14. The van der Waals surface area contributed by atoms with E-state index >= 15 is 0 Å². The molecular formula is C14H16O3. The van der Waals surface area contributed by atoms with E-state index in [1.165, 1.54) is 0 Å². The van der Waals surface area contributed by atoms with Crippen LogP contribution in [-0.4, -0.2) is 16.9 Å². The Morgan fingerprint density at radius 1 is 1.24 bits per heavy atom. The second kappa shape index (κ2) is 4.70. The minimum atomic E-state index is -0.774. The number of carboxylic acids is 1. The average Bonchev–Trinajstić information content (AvgIpc) is 2.77. The summed E-state index contributed by atoms with van der Waals surface area (Å²) in [4.78, 5) is 23.0. The molecule has 0 heterocycles. The maximum absolute atomic E-state index is 12.2. The molecule has 1 N–H and O–H groups in total. The van der Waals surface area contributed by atoms with Crippen molar-refractivity contribution in [3.8, 4) is 0 Å². The van der Waals surface area contributed by atoms with E-state index in [0.717, 1.165) is 5.56 Å². The van der Waals surface area contributed by atoms with E-state index in [9.17, 15) is 9.59 Å². The lowest BCUT2D eigenvalue weighted by molar-refractivity contribution is -0.141. The monoisotopic (exact) mass is 232 g/mol. The van der Waals surface area contributed by atoms with Crippen LogP contribution in [0.1, 0.15) is 35.2 Å². The highest BCUT2D eigenvalue weighted by molar-refractivity contribution is 5.98. The van der Waals surface area contributed by atoms with Gasteiger partial charge in [0, 0.05) is 11.5 Å². The highest BCUT2D eigenvalue weighted by Crippen LogP contribution is 2.33. The van der Waals surface area contributed by atoms with Crippen molar-refractivity contribution in [2.24, 2.45) is 11.8 Å². The van der Waals surface area contributed by atoms with Crippen LogP contribution in [-0.2, 0) is 4.79 Å². The van der Waals surface area contributed by atoms with Gasteiger partial charge in [0.1, 0.15) is 0 Å². The number of Topliss-reactive ketones (excluding diaryl/α,β-unsaturated/α-hetero) is 1. The minimum absolute atomic E-state index is 0.0949. The van der Waals surface area contributed by atoms with Gasteiger partial charge in [-0.2, -0.15) is 0 Å². The molecule has 90 valence electrons. The molecule has 0 bridgehead atoms. The number of aryl methyl sites for hydroxylation is 1. The Hall–Kier alpha value is -1.64. The maximum Gasteiger partial charge on any atom is 0.306 e. The van der Waals surface area contributed by atoms with E-state index < -0.39 is 5.97 Å². The summed E-state index contributed by atoms with van der Waals surface area (Å²) in [6.45, 7) is 1.95. The second-order valence-electron chi connectivity index (χ2n) is 4.78. The van der Waals surface area contributed by atoms with Crippen molar-refractivity contribution in [1.82, 2.24) is 0 Å². The van der Waals surface area contributed by atoms with Gasteiger partial charge in [0.15, 0.2) is 5.78 Å². The molecule has 0 spiro atoms. The van der Waals surface area contributed by atoms with Crippen LogP contribution in [0.25, 0.3) is 0 Å². The number of ketones is 1. The normalized spacial score (nSPS) is 23.6. The molecule has 0 saturated heterocycles. The lowest BCUT2D eigenvalue weighted by Gasteiger charge is -2.09. The molecule has 1 aromatic rings. The topological polar surface area (TPSA) is 54.4 Å². The molecule has 1 aliphatic carbocycles. The number of carboxylic acid groups (broad SMARTS) is 1. The first-order chi connectivity index (χ1) is 8.08. The fraction of sp³-hybridized carbons (Fsp3) is 0.429. The predicted molar refractivity (Wildman–Crippen MR) is 64.0 cm³/mol. The van der Waals surface area contributed by atoms with Gasteiger partial charge in [-0.3, -0.25) is 9.59 Å². The number of carbonyl (C=O) groups is 2. The van der Waals surface area contributed by atoms with Crippen molar-refractivity contribution < 1.29 is 14.7 Å². The van der Waals surface area contributed by atoms with Gasteiger partial charge in [-0.25, -0.2) is 0 Å². The number of rotatable bonds is 3. The van der Waals surface area contributed by atoms with Crippen LogP contribution in [0, 0.1) is 18.8 Å². The quantitative estimate of drug-likeness (QED) is 0.815. The summed E-state index contributed by atoms with van der Waals surface area (Å²) >= 11 is 0. The van der Waals surface area contributed by atoms with Crippen LogP contribution in [0.15, 0.2) is 24.3 Å². The Bertz CT molecular complexity index is 451. The molecule has 1 saturated carbocycles. The summed E-state index contributed by atoms with van der Waals surface area (Å²) < 4.78 is 0. The average molecular weight is 232 g/mol. The van der Waals surface area contributed by atoms with Gasteiger partial charge in [-0.15, -0.1) is 0 Å². The van der Waals surface area contributed by atoms with Gasteiger partial charge < -0.3 is 5.11 Å². The van der Waals surface area contributed by atoms with Crippen LogP contribution in [0.3, 0.4) is 0 Å². The molecular weight excluding hydrogens is 216 g/mol. The number of hydrogen-bond donors (Lipinski definition) is 1. The van der Waals surface area contributed by atoms with E-state index in [-0.39, 0.29) is 17.6 Å². The van der Waals surface area contributed by atoms with Gasteiger partial charge in [-0.05, 0) is 32.3 Å². The van der Waals surface area contributed by atoms with E-state index in [4.69, 9.17) is 5.11 Å². The summed E-state index contributed by atoms with van der Waals surface area (Å²) in [5.74, 6) is -1.13. The van der Waals surface area contributed by atoms with Crippen LogP contribution < -0.4 is 0 Å². The van der Waals surface area contributed by atoms with E-state index in [1.54, 1.807) is 0 Å². The molecule has 2 unspecified atom stereocenters. The molecule has 1 aliphatic rings. The van der Waals surface area contributed by atoms with Crippen LogP contribution >= 0.6 is 0 Å². The third-order valence-corrected chi connectivity index (χ3v) is 3.46. The zero-order valence-electron chi connectivity index (χ0n) is 9.85. The summed E-state index contributed by atoms with van der Waals surface area (Å²) in [6, 6.07) is 7.50. The van der Waals surface area contributed by atoms with Crippen LogP contribution in [0.4, 0.5) is 0 Å². The molecule has 0 aromatic heterocycles. The largest absolute Gasteiger partial charge is 0.481 e. The number of aliphatic carboxylic acids is 1.